The number of benzene rings is 3. The molecule has 0 unspecified atom stereocenters. The number of rotatable bonds is 8. The van der Waals surface area contributed by atoms with Gasteiger partial charge in [0.1, 0.15) is 5.41 Å². The van der Waals surface area contributed by atoms with Gasteiger partial charge in [-0.2, -0.15) is 0 Å². The van der Waals surface area contributed by atoms with Crippen molar-refractivity contribution in [2.24, 2.45) is 0 Å². The summed E-state index contributed by atoms with van der Waals surface area (Å²) < 4.78 is 5.64. The number of ether oxygens (including phenoxy) is 1. The second-order valence-electron chi connectivity index (χ2n) is 8.81. The fraction of sp³-hybridized carbons (Fsp3) is 0.200. The van der Waals surface area contributed by atoms with E-state index in [9.17, 15) is 4.79 Å². The van der Waals surface area contributed by atoms with Crippen molar-refractivity contribution in [3.8, 4) is 5.88 Å². The average Bonchev–Trinajstić information content (AvgIpc) is 2.85. The molecule has 4 rings (SSSR count). The number of hydrogen-bond acceptors (Lipinski definition) is 3. The fourth-order valence-electron chi connectivity index (χ4n) is 4.17. The van der Waals surface area contributed by atoms with Gasteiger partial charge in [0.05, 0.1) is 18.0 Å². The molecule has 1 amide bonds. The fourth-order valence-corrected chi connectivity index (χ4v) is 4.17. The number of anilines is 1. The van der Waals surface area contributed by atoms with Gasteiger partial charge in [0.2, 0.25) is 11.8 Å². The highest BCUT2D eigenvalue weighted by Crippen LogP contribution is 2.37. The number of nitrogens with one attached hydrogen (secondary N) is 1. The molecule has 4 heteroatoms. The second kappa shape index (κ2) is 10.3. The van der Waals surface area contributed by atoms with Crippen LogP contribution in [0.25, 0.3) is 0 Å². The van der Waals surface area contributed by atoms with E-state index in [2.05, 4.69) is 41.5 Å². The van der Waals surface area contributed by atoms with Crippen LogP contribution in [0, 0.1) is 6.92 Å². The third kappa shape index (κ3) is 5.18. The highest BCUT2D eigenvalue weighted by molar-refractivity contribution is 6.02. The second-order valence-corrected chi connectivity index (χ2v) is 8.81. The van der Waals surface area contributed by atoms with Gasteiger partial charge in [0.15, 0.2) is 0 Å². The van der Waals surface area contributed by atoms with Crippen LogP contribution in [-0.4, -0.2) is 17.0 Å². The molecule has 34 heavy (non-hydrogen) atoms. The van der Waals surface area contributed by atoms with Gasteiger partial charge in [0, 0.05) is 6.07 Å². The first-order valence-corrected chi connectivity index (χ1v) is 11.6. The van der Waals surface area contributed by atoms with Gasteiger partial charge in [-0.1, -0.05) is 90.5 Å². The number of carbonyl (C=O) groups excluding carboxylic acids is 1. The van der Waals surface area contributed by atoms with Crippen LogP contribution in [0.3, 0.4) is 0 Å². The Hall–Kier alpha value is -3.92. The van der Waals surface area contributed by atoms with Crippen molar-refractivity contribution in [2.45, 2.75) is 38.7 Å². The summed E-state index contributed by atoms with van der Waals surface area (Å²) in [5.74, 6) is 0.426. The molecule has 1 N–H and O–H groups in total. The topological polar surface area (TPSA) is 51.2 Å². The van der Waals surface area contributed by atoms with E-state index in [1.807, 2.05) is 80.6 Å². The number of pyridine rings is 1. The lowest BCUT2D eigenvalue weighted by molar-refractivity contribution is -0.120. The maximum absolute atomic E-state index is 14.2. The van der Waals surface area contributed by atoms with Crippen molar-refractivity contribution in [1.29, 1.82) is 0 Å². The van der Waals surface area contributed by atoms with Crippen LogP contribution in [0.4, 0.5) is 5.69 Å². The predicted molar refractivity (Wildman–Crippen MR) is 137 cm³/mol. The zero-order valence-corrected chi connectivity index (χ0v) is 19.9. The quantitative estimate of drug-likeness (QED) is 0.341. The van der Waals surface area contributed by atoms with Crippen molar-refractivity contribution in [1.82, 2.24) is 4.98 Å². The third-order valence-corrected chi connectivity index (χ3v) is 5.86. The Bertz CT molecular complexity index is 1160. The third-order valence-electron chi connectivity index (χ3n) is 5.86. The van der Waals surface area contributed by atoms with E-state index in [4.69, 9.17) is 4.74 Å². The minimum atomic E-state index is -0.926. The molecule has 3 aromatic carbocycles. The molecule has 1 aromatic heterocycles. The maximum Gasteiger partial charge on any atom is 0.239 e. The monoisotopic (exact) mass is 450 g/mol. The molecule has 0 aliphatic heterocycles. The van der Waals surface area contributed by atoms with Crippen LogP contribution < -0.4 is 10.1 Å². The minimum Gasteiger partial charge on any atom is -0.475 e. The van der Waals surface area contributed by atoms with Crippen molar-refractivity contribution in [2.75, 3.05) is 5.32 Å². The average molecular weight is 451 g/mol. The molecule has 0 aliphatic rings. The van der Waals surface area contributed by atoms with Gasteiger partial charge >= 0.3 is 0 Å². The summed E-state index contributed by atoms with van der Waals surface area (Å²) in [4.78, 5) is 18.6. The molecule has 0 bridgehead atoms. The van der Waals surface area contributed by atoms with Crippen molar-refractivity contribution in [3.05, 3.63) is 126 Å². The molecular formula is C30H30N2O2. The number of aryl methyl sites for hydroxylation is 1. The van der Waals surface area contributed by atoms with Crippen molar-refractivity contribution in [3.63, 3.8) is 0 Å². The van der Waals surface area contributed by atoms with Gasteiger partial charge in [-0.3, -0.25) is 4.79 Å². The van der Waals surface area contributed by atoms with E-state index in [1.165, 1.54) is 5.56 Å². The van der Waals surface area contributed by atoms with Gasteiger partial charge < -0.3 is 10.1 Å². The van der Waals surface area contributed by atoms with Gasteiger partial charge in [-0.25, -0.2) is 4.98 Å². The molecule has 4 aromatic rings. The van der Waals surface area contributed by atoms with E-state index in [1.54, 1.807) is 12.3 Å². The van der Waals surface area contributed by atoms with Crippen LogP contribution >= 0.6 is 0 Å². The van der Waals surface area contributed by atoms with E-state index < -0.39 is 5.41 Å². The first kappa shape index (κ1) is 23.2. The maximum atomic E-state index is 14.2. The Morgan fingerprint density at radius 3 is 1.94 bits per heavy atom. The summed E-state index contributed by atoms with van der Waals surface area (Å²) >= 11 is 0. The van der Waals surface area contributed by atoms with E-state index >= 15 is 0 Å². The van der Waals surface area contributed by atoms with Gasteiger partial charge in [-0.15, -0.1) is 0 Å². The summed E-state index contributed by atoms with van der Waals surface area (Å²) in [6.45, 7) is 5.98. The number of hydrogen-bond donors (Lipinski definition) is 1. The van der Waals surface area contributed by atoms with Crippen LogP contribution in [0.5, 0.6) is 5.88 Å². The van der Waals surface area contributed by atoms with Crippen molar-refractivity contribution >= 4 is 11.6 Å². The number of nitrogens with zero attached hydrogens (tertiary/aromatic N) is 1. The lowest BCUT2D eigenvalue weighted by atomic mass is 9.69. The Morgan fingerprint density at radius 1 is 0.853 bits per heavy atom. The Labute approximate surface area is 201 Å². The Morgan fingerprint density at radius 2 is 1.44 bits per heavy atom. The summed E-state index contributed by atoms with van der Waals surface area (Å²) in [7, 11) is 0. The SMILES string of the molecule is Cc1ccc(CC(C(=O)Nc2ccc(OC(C)C)nc2)(c2ccccc2)c2ccccc2)cc1. The molecule has 4 nitrogen and oxygen atoms in total. The largest absolute Gasteiger partial charge is 0.475 e. The lowest BCUT2D eigenvalue weighted by Crippen LogP contribution is -2.43. The molecule has 172 valence electrons. The molecule has 0 fully saturated rings. The molecule has 0 spiro atoms. The van der Waals surface area contributed by atoms with Gasteiger partial charge in [0.25, 0.3) is 0 Å². The molecule has 0 saturated heterocycles. The zero-order valence-electron chi connectivity index (χ0n) is 19.9. The van der Waals surface area contributed by atoms with E-state index in [0.29, 0.717) is 18.0 Å². The summed E-state index contributed by atoms with van der Waals surface area (Å²) in [6, 6.07) is 32.0. The first-order chi connectivity index (χ1) is 16.5. The summed E-state index contributed by atoms with van der Waals surface area (Å²) in [6.07, 6.45) is 2.20. The molecular weight excluding hydrogens is 420 g/mol. The number of amides is 1. The highest BCUT2D eigenvalue weighted by atomic mass is 16.5. The number of carbonyl (C=O) groups is 1. The number of aromatic nitrogens is 1. The molecule has 0 atom stereocenters. The Balaban J connectivity index is 1.78. The minimum absolute atomic E-state index is 0.0336. The molecule has 0 radical (unpaired) electrons. The standard InChI is InChI=1S/C30H30N2O2/c1-22(2)34-28-19-18-27(21-31-28)32-29(33)30(25-10-6-4-7-11-25,26-12-8-5-9-13-26)20-24-16-14-23(3)15-17-24/h4-19,21-22H,20H2,1-3H3,(H,32,33). The van der Waals surface area contributed by atoms with Crippen LogP contribution in [0.2, 0.25) is 0 Å². The van der Waals surface area contributed by atoms with Crippen molar-refractivity contribution < 1.29 is 9.53 Å². The van der Waals surface area contributed by atoms with Gasteiger partial charge in [-0.05, 0) is 49.9 Å². The zero-order chi connectivity index (χ0) is 24.0. The molecule has 0 saturated carbocycles. The summed E-state index contributed by atoms with van der Waals surface area (Å²) in [5, 5.41) is 3.14. The predicted octanol–water partition coefficient (Wildman–Crippen LogP) is 6.34. The molecule has 1 heterocycles. The smallest absolute Gasteiger partial charge is 0.239 e. The lowest BCUT2D eigenvalue weighted by Gasteiger charge is -2.34. The Kier molecular flexibility index (Phi) is 7.07. The van der Waals surface area contributed by atoms with Crippen LogP contribution in [0.15, 0.2) is 103 Å². The highest BCUT2D eigenvalue weighted by Gasteiger charge is 2.42. The normalized spacial score (nSPS) is 11.3. The van der Waals surface area contributed by atoms with E-state index in [0.717, 1.165) is 16.7 Å². The molecule has 0 aliphatic carbocycles. The van der Waals surface area contributed by atoms with Crippen LogP contribution in [0.1, 0.15) is 36.1 Å². The summed E-state index contributed by atoms with van der Waals surface area (Å²) in [5.41, 5.74) is 3.85. The van der Waals surface area contributed by atoms with E-state index in [-0.39, 0.29) is 12.0 Å². The first-order valence-electron chi connectivity index (χ1n) is 11.6. The van der Waals surface area contributed by atoms with Crippen LogP contribution in [-0.2, 0) is 16.6 Å².